The predicted molar refractivity (Wildman–Crippen MR) is 89.1 cm³/mol. The average Bonchev–Trinajstić information content (AvgIpc) is 2.85. The van der Waals surface area contributed by atoms with Crippen LogP contribution in [0.1, 0.15) is 53.9 Å². The Hall–Kier alpha value is -2.35. The van der Waals surface area contributed by atoms with Crippen LogP contribution < -0.4 is 0 Å². The van der Waals surface area contributed by atoms with E-state index >= 15 is 0 Å². The second-order valence-corrected chi connectivity index (χ2v) is 6.36. The number of alkyl halides is 3. The molecule has 2 rings (SSSR count). The topological polar surface area (TPSA) is 64.3 Å². The van der Waals surface area contributed by atoms with Gasteiger partial charge in [0.25, 0.3) is 0 Å². The Bertz CT molecular complexity index is 810. The number of ether oxygens (including phenoxy) is 1. The van der Waals surface area contributed by atoms with E-state index < -0.39 is 23.3 Å². The number of hydrogen-bond acceptors (Lipinski definition) is 3. The van der Waals surface area contributed by atoms with E-state index in [9.17, 15) is 23.1 Å². The van der Waals surface area contributed by atoms with Crippen LogP contribution in [0, 0.1) is 6.92 Å². The van der Waals surface area contributed by atoms with Gasteiger partial charge in [-0.25, -0.2) is 9.78 Å². The number of aromatic carboxylic acids is 1. The van der Waals surface area contributed by atoms with E-state index in [-0.39, 0.29) is 29.3 Å². The van der Waals surface area contributed by atoms with E-state index in [0.29, 0.717) is 6.61 Å². The third kappa shape index (κ3) is 3.90. The van der Waals surface area contributed by atoms with Crippen molar-refractivity contribution < 1.29 is 27.8 Å². The van der Waals surface area contributed by atoms with Crippen molar-refractivity contribution in [2.24, 2.45) is 0 Å². The molecule has 2 aromatic rings. The number of carboxylic acids is 1. The number of benzene rings is 1. The molecule has 0 saturated carbocycles. The average molecular weight is 370 g/mol. The molecule has 0 radical (unpaired) electrons. The Morgan fingerprint density at radius 2 is 1.88 bits per heavy atom. The molecule has 0 spiro atoms. The number of carbonyl (C=O) groups is 1. The first-order valence-corrected chi connectivity index (χ1v) is 8.09. The SMILES string of the molecule is CCOC(C)(C)c1nc(C(=O)O)c(C)n1Cc1ccccc1C(F)(F)F. The van der Waals surface area contributed by atoms with Gasteiger partial charge in [-0.15, -0.1) is 0 Å². The molecule has 0 unspecified atom stereocenters. The minimum absolute atomic E-state index is 0.0333. The maximum atomic E-state index is 13.3. The summed E-state index contributed by atoms with van der Waals surface area (Å²) < 4.78 is 47.0. The number of nitrogens with zero attached hydrogens (tertiary/aromatic N) is 2. The second kappa shape index (κ2) is 7.11. The van der Waals surface area contributed by atoms with Crippen molar-refractivity contribution in [3.05, 3.63) is 52.6 Å². The summed E-state index contributed by atoms with van der Waals surface area (Å²) in [5.74, 6) is -0.967. The molecular weight excluding hydrogens is 349 g/mol. The van der Waals surface area contributed by atoms with Gasteiger partial charge in [-0.05, 0) is 39.3 Å². The molecular formula is C18H21F3N2O3. The highest BCUT2D eigenvalue weighted by Gasteiger charge is 2.35. The minimum atomic E-state index is -4.50. The number of halogens is 3. The highest BCUT2D eigenvalue weighted by molar-refractivity contribution is 5.86. The maximum absolute atomic E-state index is 13.3. The molecule has 8 heteroatoms. The van der Waals surface area contributed by atoms with E-state index in [0.717, 1.165) is 6.07 Å². The summed E-state index contributed by atoms with van der Waals surface area (Å²) in [6.07, 6.45) is -4.50. The normalized spacial score (nSPS) is 12.4. The Labute approximate surface area is 149 Å². The van der Waals surface area contributed by atoms with Crippen LogP contribution in [0.3, 0.4) is 0 Å². The smallest absolute Gasteiger partial charge is 0.416 e. The van der Waals surface area contributed by atoms with Crippen molar-refractivity contribution >= 4 is 5.97 Å². The summed E-state index contributed by atoms with van der Waals surface area (Å²) in [4.78, 5) is 15.6. The number of rotatable bonds is 6. The maximum Gasteiger partial charge on any atom is 0.416 e. The molecule has 1 heterocycles. The van der Waals surface area contributed by atoms with Crippen LogP contribution in [-0.4, -0.2) is 27.2 Å². The monoisotopic (exact) mass is 370 g/mol. The number of aromatic nitrogens is 2. The van der Waals surface area contributed by atoms with Gasteiger partial charge in [-0.2, -0.15) is 13.2 Å². The van der Waals surface area contributed by atoms with Gasteiger partial charge in [0.05, 0.1) is 5.56 Å². The molecule has 142 valence electrons. The molecule has 0 aliphatic carbocycles. The molecule has 1 N–H and O–H groups in total. The number of imidazole rings is 1. The molecule has 1 aromatic carbocycles. The largest absolute Gasteiger partial charge is 0.476 e. The van der Waals surface area contributed by atoms with Crippen LogP contribution in [-0.2, 0) is 23.1 Å². The first-order valence-electron chi connectivity index (χ1n) is 8.09. The zero-order valence-electron chi connectivity index (χ0n) is 15.0. The van der Waals surface area contributed by atoms with E-state index in [1.165, 1.54) is 29.7 Å². The van der Waals surface area contributed by atoms with Crippen LogP contribution in [0.4, 0.5) is 13.2 Å². The van der Waals surface area contributed by atoms with Crippen LogP contribution in [0.5, 0.6) is 0 Å². The van der Waals surface area contributed by atoms with E-state index in [1.807, 2.05) is 0 Å². The van der Waals surface area contributed by atoms with Crippen LogP contribution >= 0.6 is 0 Å². The van der Waals surface area contributed by atoms with Gasteiger partial charge in [0.15, 0.2) is 5.69 Å². The summed E-state index contributed by atoms with van der Waals surface area (Å²) >= 11 is 0. The fourth-order valence-corrected chi connectivity index (χ4v) is 2.92. The fraction of sp³-hybridized carbons (Fsp3) is 0.444. The lowest BCUT2D eigenvalue weighted by atomic mass is 10.1. The minimum Gasteiger partial charge on any atom is -0.476 e. The Morgan fingerprint density at radius 1 is 1.27 bits per heavy atom. The summed E-state index contributed by atoms with van der Waals surface area (Å²) in [7, 11) is 0. The Balaban J connectivity index is 2.62. The first kappa shape index (κ1) is 20.0. The highest BCUT2D eigenvalue weighted by Crippen LogP contribution is 2.34. The van der Waals surface area contributed by atoms with Crippen molar-refractivity contribution in [3.63, 3.8) is 0 Å². The van der Waals surface area contributed by atoms with E-state index in [2.05, 4.69) is 4.98 Å². The molecule has 1 aromatic heterocycles. The fourth-order valence-electron chi connectivity index (χ4n) is 2.92. The lowest BCUT2D eigenvalue weighted by Crippen LogP contribution is -2.27. The van der Waals surface area contributed by atoms with Crippen molar-refractivity contribution in [3.8, 4) is 0 Å². The molecule has 5 nitrogen and oxygen atoms in total. The molecule has 0 bridgehead atoms. The quantitative estimate of drug-likeness (QED) is 0.827. The number of carboxylic acid groups (broad SMARTS) is 1. The molecule has 0 atom stereocenters. The summed E-state index contributed by atoms with van der Waals surface area (Å²) in [6, 6.07) is 5.22. The van der Waals surface area contributed by atoms with Crippen LogP contribution in [0.25, 0.3) is 0 Å². The van der Waals surface area contributed by atoms with Crippen molar-refractivity contribution in [1.82, 2.24) is 9.55 Å². The van der Waals surface area contributed by atoms with E-state index in [4.69, 9.17) is 4.74 Å². The molecule has 0 amide bonds. The van der Waals surface area contributed by atoms with Gasteiger partial charge in [-0.3, -0.25) is 0 Å². The van der Waals surface area contributed by atoms with E-state index in [1.54, 1.807) is 20.8 Å². The summed E-state index contributed by atoms with van der Waals surface area (Å²) in [5.41, 5.74) is -1.61. The van der Waals surface area contributed by atoms with Gasteiger partial charge in [0.1, 0.15) is 11.4 Å². The molecule has 0 fully saturated rings. The first-order chi connectivity index (χ1) is 12.0. The zero-order valence-corrected chi connectivity index (χ0v) is 15.0. The summed E-state index contributed by atoms with van der Waals surface area (Å²) in [5, 5.41) is 9.35. The lowest BCUT2D eigenvalue weighted by Gasteiger charge is -2.26. The van der Waals surface area contributed by atoms with Gasteiger partial charge in [-0.1, -0.05) is 18.2 Å². The van der Waals surface area contributed by atoms with Gasteiger partial charge in [0, 0.05) is 18.8 Å². The zero-order chi connectivity index (χ0) is 19.7. The van der Waals surface area contributed by atoms with Gasteiger partial charge in [0.2, 0.25) is 0 Å². The molecule has 0 saturated heterocycles. The second-order valence-electron chi connectivity index (χ2n) is 6.36. The lowest BCUT2D eigenvalue weighted by molar-refractivity contribution is -0.138. The van der Waals surface area contributed by atoms with Gasteiger partial charge < -0.3 is 14.4 Å². The third-order valence-corrected chi connectivity index (χ3v) is 4.12. The Kier molecular flexibility index (Phi) is 5.46. The van der Waals surface area contributed by atoms with Crippen LogP contribution in [0.15, 0.2) is 24.3 Å². The van der Waals surface area contributed by atoms with Crippen LogP contribution in [0.2, 0.25) is 0 Å². The standard InChI is InChI=1S/C18H21F3N2O3/c1-5-26-17(3,4)16-22-14(15(24)25)11(2)23(16)10-12-8-6-7-9-13(12)18(19,20)21/h6-9H,5,10H2,1-4H3,(H,24,25). The van der Waals surface area contributed by atoms with Crippen molar-refractivity contribution in [1.29, 1.82) is 0 Å². The van der Waals surface area contributed by atoms with Gasteiger partial charge >= 0.3 is 12.1 Å². The summed E-state index contributed by atoms with van der Waals surface area (Å²) in [6.45, 7) is 6.90. The predicted octanol–water partition coefficient (Wildman–Crippen LogP) is 4.23. The molecule has 0 aliphatic heterocycles. The van der Waals surface area contributed by atoms with Crippen molar-refractivity contribution in [2.45, 2.75) is 46.0 Å². The number of hydrogen-bond donors (Lipinski definition) is 1. The Morgan fingerprint density at radius 3 is 2.42 bits per heavy atom. The third-order valence-electron chi connectivity index (χ3n) is 4.12. The van der Waals surface area contributed by atoms with Crippen molar-refractivity contribution in [2.75, 3.05) is 6.61 Å². The molecule has 0 aliphatic rings. The highest BCUT2D eigenvalue weighted by atomic mass is 19.4. The molecule has 26 heavy (non-hydrogen) atoms.